The highest BCUT2D eigenvalue weighted by Crippen LogP contribution is 2.40. The highest BCUT2D eigenvalue weighted by molar-refractivity contribution is 6.36. The van der Waals surface area contributed by atoms with Crippen LogP contribution in [0.25, 0.3) is 0 Å². The summed E-state index contributed by atoms with van der Waals surface area (Å²) in [6, 6.07) is 2.84. The number of hydrogen-bond donors (Lipinski definition) is 0. The first-order chi connectivity index (χ1) is 6.93. The van der Waals surface area contributed by atoms with Gasteiger partial charge < -0.3 is 4.74 Å². The second-order valence-corrected chi connectivity index (χ2v) is 3.95. The lowest BCUT2D eigenvalue weighted by atomic mass is 10.3. The van der Waals surface area contributed by atoms with E-state index in [4.69, 9.17) is 27.9 Å². The summed E-state index contributed by atoms with van der Waals surface area (Å²) in [5.74, 6) is 0.0177. The second-order valence-electron chi connectivity index (χ2n) is 3.13. The quantitative estimate of drug-likeness (QED) is 0.607. The van der Waals surface area contributed by atoms with Crippen molar-refractivity contribution in [3.8, 4) is 5.75 Å². The van der Waals surface area contributed by atoms with Crippen LogP contribution in [0, 0.1) is 10.1 Å². The third-order valence-electron chi connectivity index (χ3n) is 1.57. The van der Waals surface area contributed by atoms with Gasteiger partial charge in [-0.1, -0.05) is 23.2 Å². The molecule has 1 aromatic rings. The molecule has 0 aromatic heterocycles. The molecule has 0 atom stereocenters. The zero-order valence-corrected chi connectivity index (χ0v) is 9.67. The van der Waals surface area contributed by atoms with E-state index in [0.29, 0.717) is 0 Å². The molecule has 0 saturated heterocycles. The van der Waals surface area contributed by atoms with Crippen LogP contribution in [0.1, 0.15) is 13.8 Å². The third-order valence-corrected chi connectivity index (χ3v) is 2.17. The maximum Gasteiger partial charge on any atom is 0.330 e. The highest BCUT2D eigenvalue weighted by atomic mass is 35.5. The van der Waals surface area contributed by atoms with Gasteiger partial charge in [0.15, 0.2) is 0 Å². The van der Waals surface area contributed by atoms with Gasteiger partial charge in [0.2, 0.25) is 5.75 Å². The number of benzene rings is 1. The molecule has 0 unspecified atom stereocenters. The SMILES string of the molecule is CC(C)Oc1c(Cl)ccc(Cl)c1[N+](=O)[O-]. The van der Waals surface area contributed by atoms with E-state index < -0.39 is 4.92 Å². The minimum Gasteiger partial charge on any atom is -0.483 e. The van der Waals surface area contributed by atoms with Gasteiger partial charge in [0.05, 0.1) is 16.0 Å². The molecule has 15 heavy (non-hydrogen) atoms. The molecule has 6 heteroatoms. The molecule has 0 spiro atoms. The molecule has 0 aliphatic carbocycles. The van der Waals surface area contributed by atoms with Crippen LogP contribution in [0.3, 0.4) is 0 Å². The molecular weight excluding hydrogens is 241 g/mol. The van der Waals surface area contributed by atoms with Gasteiger partial charge >= 0.3 is 5.69 Å². The molecule has 0 heterocycles. The van der Waals surface area contributed by atoms with E-state index in [1.54, 1.807) is 13.8 Å². The number of hydrogen-bond acceptors (Lipinski definition) is 3. The molecule has 0 N–H and O–H groups in total. The molecule has 1 rings (SSSR count). The lowest BCUT2D eigenvalue weighted by molar-refractivity contribution is -0.385. The first kappa shape index (κ1) is 12.1. The average molecular weight is 250 g/mol. The maximum absolute atomic E-state index is 10.8. The normalized spacial score (nSPS) is 10.5. The summed E-state index contributed by atoms with van der Waals surface area (Å²) in [6.45, 7) is 3.50. The van der Waals surface area contributed by atoms with E-state index in [9.17, 15) is 10.1 Å². The molecule has 0 bridgehead atoms. The Morgan fingerprint density at radius 3 is 2.33 bits per heavy atom. The predicted molar refractivity (Wildman–Crippen MR) is 58.9 cm³/mol. The Labute approximate surface area is 96.9 Å². The van der Waals surface area contributed by atoms with Crippen molar-refractivity contribution < 1.29 is 9.66 Å². The zero-order chi connectivity index (χ0) is 11.6. The monoisotopic (exact) mass is 249 g/mol. The highest BCUT2D eigenvalue weighted by Gasteiger charge is 2.23. The number of halogens is 2. The lowest BCUT2D eigenvalue weighted by Gasteiger charge is -2.11. The fraction of sp³-hybridized carbons (Fsp3) is 0.333. The van der Waals surface area contributed by atoms with Gasteiger partial charge in [-0.25, -0.2) is 0 Å². The maximum atomic E-state index is 10.8. The predicted octanol–water partition coefficient (Wildman–Crippen LogP) is 3.69. The van der Waals surface area contributed by atoms with Crippen LogP contribution in [0.2, 0.25) is 10.0 Å². The van der Waals surface area contributed by atoms with Gasteiger partial charge in [0, 0.05) is 0 Å². The first-order valence-electron chi connectivity index (χ1n) is 4.22. The van der Waals surface area contributed by atoms with E-state index in [1.807, 2.05) is 0 Å². The number of rotatable bonds is 3. The Balaban J connectivity index is 3.31. The molecule has 0 radical (unpaired) electrons. The van der Waals surface area contributed by atoms with E-state index in [0.717, 1.165) is 0 Å². The summed E-state index contributed by atoms with van der Waals surface area (Å²) in [5.41, 5.74) is -0.294. The molecule has 0 fully saturated rings. The molecule has 0 amide bonds. The molecule has 1 aromatic carbocycles. The average Bonchev–Trinajstić information content (AvgIpc) is 2.10. The van der Waals surface area contributed by atoms with Crippen LogP contribution in [-0.2, 0) is 0 Å². The topological polar surface area (TPSA) is 52.4 Å². The second kappa shape index (κ2) is 4.68. The number of nitrogens with zero attached hydrogens (tertiary/aromatic N) is 1. The smallest absolute Gasteiger partial charge is 0.330 e. The summed E-state index contributed by atoms with van der Waals surface area (Å²) < 4.78 is 5.26. The van der Waals surface area contributed by atoms with Gasteiger partial charge in [-0.3, -0.25) is 10.1 Å². The number of ether oxygens (including phenoxy) is 1. The van der Waals surface area contributed by atoms with Crippen LogP contribution in [-0.4, -0.2) is 11.0 Å². The number of nitro groups is 1. The van der Waals surface area contributed by atoms with Crippen molar-refractivity contribution >= 4 is 28.9 Å². The molecule has 0 aliphatic heterocycles. The summed E-state index contributed by atoms with van der Waals surface area (Å²) in [4.78, 5) is 10.2. The third kappa shape index (κ3) is 2.73. The van der Waals surface area contributed by atoms with Crippen LogP contribution in [0.5, 0.6) is 5.75 Å². The van der Waals surface area contributed by atoms with E-state index >= 15 is 0 Å². The lowest BCUT2D eigenvalue weighted by Crippen LogP contribution is -2.08. The van der Waals surface area contributed by atoms with Crippen molar-refractivity contribution in [2.75, 3.05) is 0 Å². The van der Waals surface area contributed by atoms with Crippen LogP contribution < -0.4 is 4.74 Å². The van der Waals surface area contributed by atoms with Gasteiger partial charge in [-0.15, -0.1) is 0 Å². The van der Waals surface area contributed by atoms with E-state index in [2.05, 4.69) is 0 Å². The van der Waals surface area contributed by atoms with E-state index in [-0.39, 0.29) is 27.6 Å². The van der Waals surface area contributed by atoms with Gasteiger partial charge in [0.1, 0.15) is 5.02 Å². The Hall–Kier alpha value is -1.00. The first-order valence-corrected chi connectivity index (χ1v) is 4.98. The fourth-order valence-corrected chi connectivity index (χ4v) is 1.46. The largest absolute Gasteiger partial charge is 0.483 e. The van der Waals surface area contributed by atoms with Gasteiger partial charge in [-0.2, -0.15) is 0 Å². The van der Waals surface area contributed by atoms with Crippen molar-refractivity contribution in [2.45, 2.75) is 20.0 Å². The van der Waals surface area contributed by atoms with Crippen molar-refractivity contribution in [2.24, 2.45) is 0 Å². The fourth-order valence-electron chi connectivity index (χ4n) is 1.04. The summed E-state index contributed by atoms with van der Waals surface area (Å²) >= 11 is 11.5. The Morgan fingerprint density at radius 1 is 1.33 bits per heavy atom. The summed E-state index contributed by atoms with van der Waals surface area (Å²) in [7, 11) is 0. The Morgan fingerprint density at radius 2 is 1.87 bits per heavy atom. The Bertz CT molecular complexity index is 393. The van der Waals surface area contributed by atoms with Crippen molar-refractivity contribution in [1.82, 2.24) is 0 Å². The Kier molecular flexibility index (Phi) is 3.77. The van der Waals surface area contributed by atoms with E-state index in [1.165, 1.54) is 12.1 Å². The van der Waals surface area contributed by atoms with Crippen molar-refractivity contribution in [3.63, 3.8) is 0 Å². The van der Waals surface area contributed by atoms with Gasteiger partial charge in [-0.05, 0) is 26.0 Å². The zero-order valence-electron chi connectivity index (χ0n) is 8.16. The summed E-state index contributed by atoms with van der Waals surface area (Å²) in [5, 5.41) is 11.0. The summed E-state index contributed by atoms with van der Waals surface area (Å²) in [6.07, 6.45) is -0.209. The molecule has 0 aliphatic rings. The minimum atomic E-state index is -0.605. The molecule has 0 saturated carbocycles. The van der Waals surface area contributed by atoms with Crippen molar-refractivity contribution in [1.29, 1.82) is 0 Å². The van der Waals surface area contributed by atoms with Crippen LogP contribution >= 0.6 is 23.2 Å². The van der Waals surface area contributed by atoms with Crippen LogP contribution in [0.4, 0.5) is 5.69 Å². The van der Waals surface area contributed by atoms with Crippen LogP contribution in [0.15, 0.2) is 12.1 Å². The van der Waals surface area contributed by atoms with Gasteiger partial charge in [0.25, 0.3) is 0 Å². The standard InChI is InChI=1S/C9H9Cl2NO3/c1-5(2)15-9-7(11)4-3-6(10)8(9)12(13)14/h3-5H,1-2H3. The van der Waals surface area contributed by atoms with Crippen molar-refractivity contribution in [3.05, 3.63) is 32.3 Å². The molecule has 82 valence electrons. The molecule has 4 nitrogen and oxygen atoms in total. The number of nitro benzene ring substituents is 1. The molecular formula is C9H9Cl2NO3. The minimum absolute atomic E-state index is 0.0139.